The Hall–Kier alpha value is -0.360. The number of piperidine rings is 1. The molecule has 0 aromatic heterocycles. The zero-order chi connectivity index (χ0) is 12.6. The SMILES string of the molecule is COCCCNC(=O)C1(COC)CCNCC1.Cl. The van der Waals surface area contributed by atoms with Crippen LogP contribution in [-0.4, -0.2) is 53.0 Å². The van der Waals surface area contributed by atoms with Gasteiger partial charge in [-0.1, -0.05) is 0 Å². The monoisotopic (exact) mass is 280 g/mol. The van der Waals surface area contributed by atoms with Crippen LogP contribution in [0.2, 0.25) is 0 Å². The molecule has 0 aliphatic carbocycles. The van der Waals surface area contributed by atoms with Gasteiger partial charge in [0.1, 0.15) is 0 Å². The van der Waals surface area contributed by atoms with E-state index in [0.29, 0.717) is 19.8 Å². The molecule has 1 fully saturated rings. The summed E-state index contributed by atoms with van der Waals surface area (Å²) >= 11 is 0. The summed E-state index contributed by atoms with van der Waals surface area (Å²) in [6.07, 6.45) is 2.54. The lowest BCUT2D eigenvalue weighted by Crippen LogP contribution is -2.50. The topological polar surface area (TPSA) is 59.6 Å². The number of carbonyl (C=O) groups excluding carboxylic acids is 1. The lowest BCUT2D eigenvalue weighted by Gasteiger charge is -2.35. The van der Waals surface area contributed by atoms with Crippen molar-refractivity contribution < 1.29 is 14.3 Å². The van der Waals surface area contributed by atoms with E-state index in [4.69, 9.17) is 9.47 Å². The van der Waals surface area contributed by atoms with Crippen LogP contribution in [0.3, 0.4) is 0 Å². The molecule has 0 spiro atoms. The molecule has 18 heavy (non-hydrogen) atoms. The Morgan fingerprint density at radius 1 is 1.28 bits per heavy atom. The van der Waals surface area contributed by atoms with Gasteiger partial charge in [-0.05, 0) is 32.4 Å². The van der Waals surface area contributed by atoms with Gasteiger partial charge in [-0.25, -0.2) is 0 Å². The van der Waals surface area contributed by atoms with Crippen LogP contribution in [0.15, 0.2) is 0 Å². The third-order valence-electron chi connectivity index (χ3n) is 3.27. The van der Waals surface area contributed by atoms with Crippen molar-refractivity contribution in [2.24, 2.45) is 5.41 Å². The molecule has 1 aliphatic heterocycles. The van der Waals surface area contributed by atoms with E-state index in [1.807, 2.05) is 0 Å². The fraction of sp³-hybridized carbons (Fsp3) is 0.917. The molecule has 5 nitrogen and oxygen atoms in total. The number of nitrogens with one attached hydrogen (secondary N) is 2. The van der Waals surface area contributed by atoms with E-state index in [2.05, 4.69) is 10.6 Å². The van der Waals surface area contributed by atoms with Crippen molar-refractivity contribution in [3.8, 4) is 0 Å². The summed E-state index contributed by atoms with van der Waals surface area (Å²) in [4.78, 5) is 12.2. The largest absolute Gasteiger partial charge is 0.385 e. The summed E-state index contributed by atoms with van der Waals surface area (Å²) in [6, 6.07) is 0. The van der Waals surface area contributed by atoms with Gasteiger partial charge in [-0.15, -0.1) is 12.4 Å². The van der Waals surface area contributed by atoms with Gasteiger partial charge in [-0.2, -0.15) is 0 Å². The van der Waals surface area contributed by atoms with Crippen LogP contribution in [0.25, 0.3) is 0 Å². The highest BCUT2D eigenvalue weighted by atomic mass is 35.5. The van der Waals surface area contributed by atoms with Gasteiger partial charge in [0.15, 0.2) is 0 Å². The summed E-state index contributed by atoms with van der Waals surface area (Å²) in [5.41, 5.74) is -0.340. The van der Waals surface area contributed by atoms with Gasteiger partial charge in [0.25, 0.3) is 0 Å². The maximum atomic E-state index is 12.2. The Kier molecular flexibility index (Phi) is 9.36. The zero-order valence-corrected chi connectivity index (χ0v) is 12.1. The first kappa shape index (κ1) is 17.6. The standard InChI is InChI=1S/C12H24N2O3.ClH/c1-16-9-3-6-14-11(15)12(10-17-2)4-7-13-8-5-12;/h13H,3-10H2,1-2H3,(H,14,15);1H. The fourth-order valence-corrected chi connectivity index (χ4v) is 2.22. The summed E-state index contributed by atoms with van der Waals surface area (Å²) < 4.78 is 10.2. The molecule has 1 heterocycles. The maximum Gasteiger partial charge on any atom is 0.228 e. The van der Waals surface area contributed by atoms with E-state index in [1.54, 1.807) is 14.2 Å². The molecule has 0 aromatic rings. The average Bonchev–Trinajstić information content (AvgIpc) is 2.36. The van der Waals surface area contributed by atoms with Crippen LogP contribution in [0.5, 0.6) is 0 Å². The van der Waals surface area contributed by atoms with Crippen LogP contribution in [0.1, 0.15) is 19.3 Å². The molecule has 1 saturated heterocycles. The van der Waals surface area contributed by atoms with Gasteiger partial charge < -0.3 is 20.1 Å². The Morgan fingerprint density at radius 2 is 1.94 bits per heavy atom. The number of amides is 1. The molecular formula is C12H25ClN2O3. The summed E-state index contributed by atoms with van der Waals surface area (Å²) in [7, 11) is 3.32. The van der Waals surface area contributed by atoms with E-state index in [-0.39, 0.29) is 23.7 Å². The normalized spacial score (nSPS) is 17.9. The van der Waals surface area contributed by atoms with E-state index < -0.39 is 0 Å². The third kappa shape index (κ3) is 5.10. The van der Waals surface area contributed by atoms with Crippen molar-refractivity contribution in [1.29, 1.82) is 0 Å². The number of hydrogen-bond acceptors (Lipinski definition) is 4. The molecule has 2 N–H and O–H groups in total. The second kappa shape index (κ2) is 9.55. The fourth-order valence-electron chi connectivity index (χ4n) is 2.22. The minimum atomic E-state index is -0.340. The third-order valence-corrected chi connectivity index (χ3v) is 3.27. The number of rotatable bonds is 7. The molecular weight excluding hydrogens is 256 g/mol. The van der Waals surface area contributed by atoms with Crippen LogP contribution in [0, 0.1) is 5.41 Å². The Morgan fingerprint density at radius 3 is 2.50 bits per heavy atom. The van der Waals surface area contributed by atoms with Crippen molar-refractivity contribution in [2.45, 2.75) is 19.3 Å². The molecule has 108 valence electrons. The average molecular weight is 281 g/mol. The van der Waals surface area contributed by atoms with Crippen LogP contribution >= 0.6 is 12.4 Å². The van der Waals surface area contributed by atoms with Gasteiger partial charge in [0, 0.05) is 27.4 Å². The second-order valence-corrected chi connectivity index (χ2v) is 4.57. The van der Waals surface area contributed by atoms with Crippen LogP contribution in [0.4, 0.5) is 0 Å². The molecule has 6 heteroatoms. The first-order valence-corrected chi connectivity index (χ1v) is 6.22. The molecule has 0 bridgehead atoms. The Labute approximate surface area is 115 Å². The highest BCUT2D eigenvalue weighted by Crippen LogP contribution is 2.29. The van der Waals surface area contributed by atoms with Gasteiger partial charge in [-0.3, -0.25) is 4.79 Å². The molecule has 1 rings (SSSR count). The first-order valence-electron chi connectivity index (χ1n) is 6.22. The van der Waals surface area contributed by atoms with E-state index in [0.717, 1.165) is 32.4 Å². The van der Waals surface area contributed by atoms with Crippen molar-refractivity contribution in [2.75, 3.05) is 47.1 Å². The molecule has 0 radical (unpaired) electrons. The lowest BCUT2D eigenvalue weighted by atomic mass is 9.78. The summed E-state index contributed by atoms with van der Waals surface area (Å²) in [6.45, 7) is 3.62. The summed E-state index contributed by atoms with van der Waals surface area (Å²) in [5, 5.41) is 6.26. The predicted octanol–water partition coefficient (Wildman–Crippen LogP) is 0.577. The summed E-state index contributed by atoms with van der Waals surface area (Å²) in [5.74, 6) is 0.122. The molecule has 0 unspecified atom stereocenters. The van der Waals surface area contributed by atoms with Crippen molar-refractivity contribution >= 4 is 18.3 Å². The number of carbonyl (C=O) groups is 1. The van der Waals surface area contributed by atoms with Crippen molar-refractivity contribution in [3.05, 3.63) is 0 Å². The number of hydrogen-bond donors (Lipinski definition) is 2. The maximum absolute atomic E-state index is 12.2. The van der Waals surface area contributed by atoms with Crippen molar-refractivity contribution in [1.82, 2.24) is 10.6 Å². The predicted molar refractivity (Wildman–Crippen MR) is 73.2 cm³/mol. The van der Waals surface area contributed by atoms with Crippen LogP contribution < -0.4 is 10.6 Å². The minimum absolute atomic E-state index is 0. The van der Waals surface area contributed by atoms with E-state index in [1.165, 1.54) is 0 Å². The Balaban J connectivity index is 0.00000289. The van der Waals surface area contributed by atoms with E-state index in [9.17, 15) is 4.79 Å². The van der Waals surface area contributed by atoms with E-state index >= 15 is 0 Å². The van der Waals surface area contributed by atoms with Gasteiger partial charge >= 0.3 is 0 Å². The zero-order valence-electron chi connectivity index (χ0n) is 11.3. The highest BCUT2D eigenvalue weighted by molar-refractivity contribution is 5.85. The van der Waals surface area contributed by atoms with Crippen molar-refractivity contribution in [3.63, 3.8) is 0 Å². The highest BCUT2D eigenvalue weighted by Gasteiger charge is 2.39. The first-order chi connectivity index (χ1) is 8.25. The Bertz CT molecular complexity index is 228. The van der Waals surface area contributed by atoms with Gasteiger partial charge in [0.05, 0.1) is 12.0 Å². The second-order valence-electron chi connectivity index (χ2n) is 4.57. The molecule has 1 amide bonds. The molecule has 1 aliphatic rings. The molecule has 0 aromatic carbocycles. The quantitative estimate of drug-likeness (QED) is 0.670. The van der Waals surface area contributed by atoms with Gasteiger partial charge in [0.2, 0.25) is 5.91 Å². The molecule has 0 saturated carbocycles. The number of methoxy groups -OCH3 is 2. The van der Waals surface area contributed by atoms with Crippen LogP contribution in [-0.2, 0) is 14.3 Å². The molecule has 0 atom stereocenters. The lowest BCUT2D eigenvalue weighted by molar-refractivity contribution is -0.136. The number of ether oxygens (including phenoxy) is 2. The smallest absolute Gasteiger partial charge is 0.228 e. The minimum Gasteiger partial charge on any atom is -0.385 e. The number of halogens is 1.